The molecule has 0 aromatic carbocycles. The van der Waals surface area contributed by atoms with Gasteiger partial charge in [-0.1, -0.05) is 46.0 Å². The van der Waals surface area contributed by atoms with Gasteiger partial charge in [0.2, 0.25) is 0 Å². The summed E-state index contributed by atoms with van der Waals surface area (Å²) in [6.45, 7) is 4.96. The molecule has 0 radical (unpaired) electrons. The lowest BCUT2D eigenvalue weighted by molar-refractivity contribution is -0.154. The molecule has 0 aromatic heterocycles. The zero-order chi connectivity index (χ0) is 12.2. The van der Waals surface area contributed by atoms with Crippen LogP contribution in [0.4, 0.5) is 0 Å². The van der Waals surface area contributed by atoms with Crippen molar-refractivity contribution in [3.8, 4) is 0 Å². The molecule has 3 nitrogen and oxygen atoms in total. The van der Waals surface area contributed by atoms with Gasteiger partial charge in [-0.2, -0.15) is 0 Å². The minimum absolute atomic E-state index is 0.232. The fourth-order valence-corrected chi connectivity index (χ4v) is 1.54. The molecule has 0 rings (SSSR count). The molecule has 0 saturated carbocycles. The van der Waals surface area contributed by atoms with Crippen molar-refractivity contribution in [3.63, 3.8) is 0 Å². The Morgan fingerprint density at radius 3 is 2.31 bits per heavy atom. The summed E-state index contributed by atoms with van der Waals surface area (Å²) < 4.78 is 10.3. The van der Waals surface area contributed by atoms with E-state index in [1.807, 2.05) is 0 Å². The van der Waals surface area contributed by atoms with Crippen LogP contribution in [0.25, 0.3) is 0 Å². The van der Waals surface area contributed by atoms with E-state index in [1.54, 1.807) is 0 Å². The van der Waals surface area contributed by atoms with Crippen molar-refractivity contribution in [1.82, 2.24) is 0 Å². The van der Waals surface area contributed by atoms with Crippen LogP contribution in [0.3, 0.4) is 0 Å². The Kier molecular flexibility index (Phi) is 10.5. The van der Waals surface area contributed by atoms with Crippen LogP contribution < -0.4 is 0 Å². The number of esters is 1. The number of ether oxygens (including phenoxy) is 2. The van der Waals surface area contributed by atoms with Crippen LogP contribution in [0, 0.1) is 0 Å². The molecular weight excluding hydrogens is 204 g/mol. The molecule has 0 aliphatic heterocycles. The third-order valence-corrected chi connectivity index (χ3v) is 2.60. The highest BCUT2D eigenvalue weighted by molar-refractivity contribution is 5.74. The molecule has 0 aromatic rings. The van der Waals surface area contributed by atoms with E-state index in [-0.39, 0.29) is 12.1 Å². The molecule has 0 fully saturated rings. The van der Waals surface area contributed by atoms with Crippen LogP contribution in [0.1, 0.15) is 58.8 Å². The van der Waals surface area contributed by atoms with Crippen LogP contribution in [-0.2, 0) is 14.3 Å². The number of hydrogen-bond donors (Lipinski definition) is 0. The summed E-state index contributed by atoms with van der Waals surface area (Å²) in [5.74, 6) is -0.232. The normalized spacial score (nSPS) is 12.4. The maximum absolute atomic E-state index is 11.4. The Hall–Kier alpha value is -0.570. The predicted molar refractivity (Wildman–Crippen MR) is 65.4 cm³/mol. The van der Waals surface area contributed by atoms with E-state index in [0.29, 0.717) is 6.61 Å². The lowest BCUT2D eigenvalue weighted by atomic mass is 10.1. The van der Waals surface area contributed by atoms with E-state index in [0.717, 1.165) is 25.7 Å². The maximum atomic E-state index is 11.4. The molecule has 0 amide bonds. The minimum atomic E-state index is -0.355. The first-order chi connectivity index (χ1) is 7.76. The van der Waals surface area contributed by atoms with Gasteiger partial charge in [-0.15, -0.1) is 0 Å². The van der Waals surface area contributed by atoms with Gasteiger partial charge in [-0.25, -0.2) is 4.79 Å². The third-order valence-electron chi connectivity index (χ3n) is 2.60. The number of carbonyl (C=O) groups excluding carboxylic acids is 1. The summed E-state index contributed by atoms with van der Waals surface area (Å²) in [5, 5.41) is 0. The first-order valence-electron chi connectivity index (χ1n) is 6.45. The van der Waals surface area contributed by atoms with E-state index < -0.39 is 0 Å². The molecule has 0 heterocycles. The smallest absolute Gasteiger partial charge is 0.334 e. The van der Waals surface area contributed by atoms with Gasteiger partial charge < -0.3 is 9.47 Å². The van der Waals surface area contributed by atoms with Crippen LogP contribution in [0.5, 0.6) is 0 Å². The lowest BCUT2D eigenvalue weighted by Crippen LogP contribution is -2.26. The Labute approximate surface area is 99.5 Å². The van der Waals surface area contributed by atoms with E-state index >= 15 is 0 Å². The molecule has 3 heteroatoms. The van der Waals surface area contributed by atoms with Gasteiger partial charge in [0, 0.05) is 6.61 Å². The fourth-order valence-electron chi connectivity index (χ4n) is 1.54. The minimum Gasteiger partial charge on any atom is -0.467 e. The van der Waals surface area contributed by atoms with Crippen molar-refractivity contribution in [2.24, 2.45) is 0 Å². The van der Waals surface area contributed by atoms with Gasteiger partial charge in [0.05, 0.1) is 7.11 Å². The molecule has 1 atom stereocenters. The zero-order valence-electron chi connectivity index (χ0n) is 11.0. The van der Waals surface area contributed by atoms with Gasteiger partial charge in [0.15, 0.2) is 6.10 Å². The largest absolute Gasteiger partial charge is 0.467 e. The van der Waals surface area contributed by atoms with Crippen molar-refractivity contribution < 1.29 is 14.3 Å². The number of methoxy groups -OCH3 is 1. The summed E-state index contributed by atoms with van der Waals surface area (Å²) in [5.41, 5.74) is 0. The number of carbonyl (C=O) groups is 1. The number of unbranched alkanes of at least 4 members (excludes halogenated alkanes) is 4. The molecule has 0 aliphatic rings. The SMILES string of the molecule is CCCCCCOC(CCCC)C(=O)OC. The molecule has 0 bridgehead atoms. The Balaban J connectivity index is 3.69. The predicted octanol–water partition coefficient (Wildman–Crippen LogP) is 3.32. The van der Waals surface area contributed by atoms with Crippen LogP contribution in [0.15, 0.2) is 0 Å². The number of rotatable bonds is 10. The topological polar surface area (TPSA) is 35.5 Å². The second-order valence-corrected chi connectivity index (χ2v) is 4.09. The molecule has 0 spiro atoms. The lowest BCUT2D eigenvalue weighted by Gasteiger charge is -2.15. The van der Waals surface area contributed by atoms with Crippen molar-refractivity contribution >= 4 is 5.97 Å². The Morgan fingerprint density at radius 2 is 1.75 bits per heavy atom. The molecular formula is C13H26O3. The molecule has 1 unspecified atom stereocenters. The van der Waals surface area contributed by atoms with E-state index in [4.69, 9.17) is 9.47 Å². The quantitative estimate of drug-likeness (QED) is 0.426. The van der Waals surface area contributed by atoms with Gasteiger partial charge >= 0.3 is 5.97 Å². The highest BCUT2D eigenvalue weighted by Gasteiger charge is 2.18. The van der Waals surface area contributed by atoms with E-state index in [9.17, 15) is 4.79 Å². The Morgan fingerprint density at radius 1 is 1.06 bits per heavy atom. The van der Waals surface area contributed by atoms with E-state index in [2.05, 4.69) is 13.8 Å². The molecule has 0 aliphatic carbocycles. The van der Waals surface area contributed by atoms with Crippen LogP contribution in [0.2, 0.25) is 0 Å². The number of hydrogen-bond acceptors (Lipinski definition) is 3. The first-order valence-corrected chi connectivity index (χ1v) is 6.45. The van der Waals surface area contributed by atoms with Crippen molar-refractivity contribution in [3.05, 3.63) is 0 Å². The second kappa shape index (κ2) is 10.9. The van der Waals surface area contributed by atoms with Crippen molar-refractivity contribution in [2.45, 2.75) is 64.9 Å². The second-order valence-electron chi connectivity index (χ2n) is 4.09. The Bertz CT molecular complexity index is 169. The average Bonchev–Trinajstić information content (AvgIpc) is 2.31. The van der Waals surface area contributed by atoms with Gasteiger partial charge in [-0.05, 0) is 12.8 Å². The molecule has 0 saturated heterocycles. The zero-order valence-corrected chi connectivity index (χ0v) is 11.0. The summed E-state index contributed by atoms with van der Waals surface area (Å²) in [7, 11) is 1.42. The standard InChI is InChI=1S/C13H26O3/c1-4-6-8-9-11-16-12(10-7-5-2)13(14)15-3/h12H,4-11H2,1-3H3. The monoisotopic (exact) mass is 230 g/mol. The molecule has 0 N–H and O–H groups in total. The van der Waals surface area contributed by atoms with Gasteiger partial charge in [0.1, 0.15) is 0 Å². The first kappa shape index (κ1) is 15.4. The molecule has 96 valence electrons. The van der Waals surface area contributed by atoms with Gasteiger partial charge in [-0.3, -0.25) is 0 Å². The third kappa shape index (κ3) is 7.69. The summed E-state index contributed by atoms with van der Waals surface area (Å²) in [6, 6.07) is 0. The highest BCUT2D eigenvalue weighted by atomic mass is 16.6. The summed E-state index contributed by atoms with van der Waals surface area (Å²) in [4.78, 5) is 11.4. The van der Waals surface area contributed by atoms with Crippen molar-refractivity contribution in [1.29, 1.82) is 0 Å². The molecule has 16 heavy (non-hydrogen) atoms. The fraction of sp³-hybridized carbons (Fsp3) is 0.923. The van der Waals surface area contributed by atoms with Crippen LogP contribution in [-0.4, -0.2) is 25.8 Å². The van der Waals surface area contributed by atoms with E-state index in [1.165, 1.54) is 26.4 Å². The van der Waals surface area contributed by atoms with Gasteiger partial charge in [0.25, 0.3) is 0 Å². The summed E-state index contributed by atoms with van der Waals surface area (Å²) in [6.07, 6.45) is 7.17. The highest BCUT2D eigenvalue weighted by Crippen LogP contribution is 2.08. The maximum Gasteiger partial charge on any atom is 0.334 e. The van der Waals surface area contributed by atoms with Crippen LogP contribution >= 0.6 is 0 Å². The summed E-state index contributed by atoms with van der Waals surface area (Å²) >= 11 is 0. The average molecular weight is 230 g/mol. The van der Waals surface area contributed by atoms with Crippen molar-refractivity contribution in [2.75, 3.05) is 13.7 Å².